The number of nitrogens with zero attached hydrogens (tertiary/aromatic N) is 1. The average Bonchev–Trinajstić information content (AvgIpc) is 2.69. The number of anilines is 2. The number of para-hydroxylation sites is 2. The first-order valence-corrected chi connectivity index (χ1v) is 10.5. The number of nitriles is 1. The lowest BCUT2D eigenvalue weighted by molar-refractivity contribution is -0.138. The first-order valence-electron chi connectivity index (χ1n) is 9.04. The van der Waals surface area contributed by atoms with Crippen molar-refractivity contribution in [3.63, 3.8) is 0 Å². The van der Waals surface area contributed by atoms with E-state index >= 15 is 0 Å². The van der Waals surface area contributed by atoms with E-state index < -0.39 is 16.0 Å². The highest BCUT2D eigenvalue weighted by Gasteiger charge is 2.16. The monoisotopic (exact) mass is 413 g/mol. The molecular formula is C21H23N3O4S. The maximum Gasteiger partial charge on any atom is 0.350 e. The van der Waals surface area contributed by atoms with Crippen LogP contribution in [0.15, 0.2) is 65.2 Å². The largest absolute Gasteiger partial charge is 0.462 e. The van der Waals surface area contributed by atoms with Gasteiger partial charge in [-0.25, -0.2) is 13.2 Å². The third-order valence-corrected chi connectivity index (χ3v) is 5.40. The van der Waals surface area contributed by atoms with Crippen LogP contribution in [0.4, 0.5) is 11.4 Å². The molecule has 0 bridgehead atoms. The summed E-state index contributed by atoms with van der Waals surface area (Å²) >= 11 is 0. The van der Waals surface area contributed by atoms with E-state index in [4.69, 9.17) is 10.00 Å². The van der Waals surface area contributed by atoms with Crippen LogP contribution >= 0.6 is 0 Å². The van der Waals surface area contributed by atoms with Crippen LogP contribution < -0.4 is 10.0 Å². The number of hydrogen-bond donors (Lipinski definition) is 2. The highest BCUT2D eigenvalue weighted by atomic mass is 32.2. The van der Waals surface area contributed by atoms with E-state index in [1.807, 2.05) is 13.8 Å². The topological polar surface area (TPSA) is 108 Å². The summed E-state index contributed by atoms with van der Waals surface area (Å²) in [5.41, 5.74) is 1.47. The molecule has 8 heteroatoms. The van der Waals surface area contributed by atoms with Gasteiger partial charge < -0.3 is 10.1 Å². The van der Waals surface area contributed by atoms with Gasteiger partial charge in [0.25, 0.3) is 10.0 Å². The van der Waals surface area contributed by atoms with E-state index in [1.54, 1.807) is 61.5 Å². The molecule has 2 N–H and O–H groups in total. The van der Waals surface area contributed by atoms with Gasteiger partial charge in [0.1, 0.15) is 6.07 Å². The molecule has 0 atom stereocenters. The molecule has 0 heterocycles. The number of carbonyl (C=O) groups excluding carboxylic acids is 1. The van der Waals surface area contributed by atoms with Crippen molar-refractivity contribution in [2.75, 3.05) is 16.6 Å². The third kappa shape index (κ3) is 5.83. The van der Waals surface area contributed by atoms with E-state index in [1.165, 1.54) is 6.20 Å². The zero-order chi connectivity index (χ0) is 21.4. The van der Waals surface area contributed by atoms with Crippen molar-refractivity contribution in [1.29, 1.82) is 5.26 Å². The lowest BCUT2D eigenvalue weighted by atomic mass is 10.0. The van der Waals surface area contributed by atoms with E-state index in [9.17, 15) is 13.2 Å². The fourth-order valence-electron chi connectivity index (χ4n) is 2.43. The molecule has 0 aliphatic rings. The standard InChI is InChI=1S/C21H23N3O4S/c1-4-28-21(25)17(13-22)14-23-19-7-5-6-8-20(19)24-29(26,27)18-11-9-16(10-12-18)15(2)3/h5-12,14-15,23-24H,4H2,1-3H3/b17-14+. The van der Waals surface area contributed by atoms with Crippen LogP contribution in [-0.4, -0.2) is 21.0 Å². The number of ether oxygens (including phenoxy) is 1. The van der Waals surface area contributed by atoms with Crippen molar-refractivity contribution in [3.05, 3.63) is 65.9 Å². The minimum Gasteiger partial charge on any atom is -0.462 e. The maximum absolute atomic E-state index is 12.7. The molecule has 0 saturated carbocycles. The molecule has 0 radical (unpaired) electrons. The van der Waals surface area contributed by atoms with E-state index in [0.29, 0.717) is 11.6 Å². The Hall–Kier alpha value is -3.31. The lowest BCUT2D eigenvalue weighted by Gasteiger charge is -2.13. The van der Waals surface area contributed by atoms with Gasteiger partial charge in [-0.15, -0.1) is 0 Å². The molecule has 0 fully saturated rings. The van der Waals surface area contributed by atoms with Crippen molar-refractivity contribution < 1.29 is 17.9 Å². The molecule has 29 heavy (non-hydrogen) atoms. The Morgan fingerprint density at radius 1 is 1.14 bits per heavy atom. The molecule has 152 valence electrons. The summed E-state index contributed by atoms with van der Waals surface area (Å²) in [5.74, 6) is -0.462. The quantitative estimate of drug-likeness (QED) is 0.385. The molecule has 0 amide bonds. The van der Waals surface area contributed by atoms with Gasteiger partial charge in [0, 0.05) is 6.20 Å². The highest BCUT2D eigenvalue weighted by molar-refractivity contribution is 7.92. The van der Waals surface area contributed by atoms with Crippen LogP contribution in [0.2, 0.25) is 0 Å². The Morgan fingerprint density at radius 3 is 2.31 bits per heavy atom. The Morgan fingerprint density at radius 2 is 1.76 bits per heavy atom. The Labute approximate surface area is 171 Å². The zero-order valence-corrected chi connectivity index (χ0v) is 17.3. The number of sulfonamides is 1. The molecule has 0 aliphatic carbocycles. The Balaban J connectivity index is 2.26. The molecule has 2 aromatic rings. The molecule has 7 nitrogen and oxygen atoms in total. The number of esters is 1. The van der Waals surface area contributed by atoms with Gasteiger partial charge in [-0.1, -0.05) is 38.1 Å². The summed E-state index contributed by atoms with van der Waals surface area (Å²) < 4.78 is 32.8. The smallest absolute Gasteiger partial charge is 0.350 e. The molecule has 2 rings (SSSR count). The van der Waals surface area contributed by atoms with Crippen molar-refractivity contribution in [2.45, 2.75) is 31.6 Å². The van der Waals surface area contributed by atoms with Crippen LogP contribution in [0.3, 0.4) is 0 Å². The second-order valence-electron chi connectivity index (χ2n) is 6.41. The minimum absolute atomic E-state index is 0.136. The van der Waals surface area contributed by atoms with Crippen LogP contribution in [0, 0.1) is 11.3 Å². The van der Waals surface area contributed by atoms with Gasteiger partial charge in [0.15, 0.2) is 5.57 Å². The number of carbonyl (C=O) groups is 1. The second kappa shape index (κ2) is 9.75. The van der Waals surface area contributed by atoms with Crippen molar-refractivity contribution in [3.8, 4) is 6.07 Å². The summed E-state index contributed by atoms with van der Waals surface area (Å²) in [5, 5.41) is 11.9. The number of hydrogen-bond acceptors (Lipinski definition) is 6. The van der Waals surface area contributed by atoms with Crippen molar-refractivity contribution in [2.24, 2.45) is 0 Å². The van der Waals surface area contributed by atoms with E-state index in [0.717, 1.165) is 5.56 Å². The van der Waals surface area contributed by atoms with Gasteiger partial charge in [0.05, 0.1) is 22.9 Å². The van der Waals surface area contributed by atoms with Crippen LogP contribution in [0.1, 0.15) is 32.3 Å². The molecule has 0 saturated heterocycles. The molecule has 0 unspecified atom stereocenters. The summed E-state index contributed by atoms with van der Waals surface area (Å²) in [6.45, 7) is 5.84. The highest BCUT2D eigenvalue weighted by Crippen LogP contribution is 2.25. The van der Waals surface area contributed by atoms with Gasteiger partial charge >= 0.3 is 5.97 Å². The Bertz CT molecular complexity index is 1040. The van der Waals surface area contributed by atoms with Crippen LogP contribution in [0.5, 0.6) is 0 Å². The summed E-state index contributed by atoms with van der Waals surface area (Å²) in [6.07, 6.45) is 1.18. The van der Waals surface area contributed by atoms with Crippen molar-refractivity contribution in [1.82, 2.24) is 0 Å². The molecule has 0 aromatic heterocycles. The van der Waals surface area contributed by atoms with Gasteiger partial charge in [0.2, 0.25) is 0 Å². The number of nitrogens with one attached hydrogen (secondary N) is 2. The first kappa shape index (κ1) is 22.0. The SMILES string of the molecule is CCOC(=O)/C(C#N)=C/Nc1ccccc1NS(=O)(=O)c1ccc(C(C)C)cc1. The molecule has 2 aromatic carbocycles. The summed E-state index contributed by atoms with van der Waals surface area (Å²) in [4.78, 5) is 11.8. The predicted octanol–water partition coefficient (Wildman–Crippen LogP) is 3.99. The van der Waals surface area contributed by atoms with Crippen molar-refractivity contribution >= 4 is 27.4 Å². The van der Waals surface area contributed by atoms with Gasteiger partial charge in [-0.2, -0.15) is 5.26 Å². The van der Waals surface area contributed by atoms with E-state index in [-0.39, 0.29) is 22.8 Å². The van der Waals surface area contributed by atoms with Crippen LogP contribution in [0.25, 0.3) is 0 Å². The summed E-state index contributed by atoms with van der Waals surface area (Å²) in [6, 6.07) is 15.0. The number of benzene rings is 2. The number of rotatable bonds is 8. The molecule has 0 aliphatic heterocycles. The van der Waals surface area contributed by atoms with E-state index in [2.05, 4.69) is 10.0 Å². The fourth-order valence-corrected chi connectivity index (χ4v) is 3.51. The van der Waals surface area contributed by atoms with Crippen LogP contribution in [-0.2, 0) is 19.6 Å². The predicted molar refractivity (Wildman–Crippen MR) is 112 cm³/mol. The average molecular weight is 413 g/mol. The van der Waals surface area contributed by atoms with Gasteiger partial charge in [-0.3, -0.25) is 4.72 Å². The molecule has 0 spiro atoms. The summed E-state index contributed by atoms with van der Waals surface area (Å²) in [7, 11) is -3.81. The lowest BCUT2D eigenvalue weighted by Crippen LogP contribution is -2.14. The first-order chi connectivity index (χ1) is 13.8. The normalized spacial score (nSPS) is 11.6. The minimum atomic E-state index is -3.81. The second-order valence-corrected chi connectivity index (χ2v) is 8.09. The third-order valence-electron chi connectivity index (χ3n) is 4.02. The van der Waals surface area contributed by atoms with Gasteiger partial charge in [-0.05, 0) is 42.7 Å². The Kier molecular flexibility index (Phi) is 7.39. The fraction of sp³-hybridized carbons (Fsp3) is 0.238. The zero-order valence-electron chi connectivity index (χ0n) is 16.5. The molecular weight excluding hydrogens is 390 g/mol. The maximum atomic E-state index is 12.7.